The van der Waals surface area contributed by atoms with E-state index in [1.807, 2.05) is 23.1 Å². The van der Waals surface area contributed by atoms with Gasteiger partial charge in [-0.25, -0.2) is 4.79 Å². The molecular formula is C13H16N4OS. The first kappa shape index (κ1) is 12.3. The molecule has 1 aromatic carbocycles. The number of aromatic nitrogens is 2. The Kier molecular flexibility index (Phi) is 3.59. The van der Waals surface area contributed by atoms with Crippen LogP contribution in [-0.4, -0.2) is 32.8 Å². The van der Waals surface area contributed by atoms with Crippen LogP contribution in [0, 0.1) is 0 Å². The van der Waals surface area contributed by atoms with Crippen LogP contribution < -0.4 is 5.32 Å². The minimum atomic E-state index is -0.00978. The van der Waals surface area contributed by atoms with Crippen molar-refractivity contribution in [1.29, 1.82) is 0 Å². The van der Waals surface area contributed by atoms with Crippen LogP contribution in [0.1, 0.15) is 25.7 Å². The van der Waals surface area contributed by atoms with Crippen molar-refractivity contribution in [2.45, 2.75) is 25.7 Å². The van der Waals surface area contributed by atoms with E-state index in [0.29, 0.717) is 0 Å². The second kappa shape index (κ2) is 5.52. The van der Waals surface area contributed by atoms with Gasteiger partial charge in [-0.05, 0) is 31.0 Å². The largest absolute Gasteiger partial charge is 0.325 e. The van der Waals surface area contributed by atoms with Gasteiger partial charge in [0.05, 0.1) is 11.7 Å². The highest BCUT2D eigenvalue weighted by Gasteiger charge is 2.15. The van der Waals surface area contributed by atoms with Crippen LogP contribution in [0.15, 0.2) is 18.2 Å². The Labute approximate surface area is 115 Å². The zero-order chi connectivity index (χ0) is 13.1. The van der Waals surface area contributed by atoms with E-state index in [1.54, 1.807) is 0 Å². The van der Waals surface area contributed by atoms with Crippen LogP contribution in [0.3, 0.4) is 0 Å². The van der Waals surface area contributed by atoms with Gasteiger partial charge in [-0.1, -0.05) is 12.8 Å². The third-order valence-electron chi connectivity index (χ3n) is 3.40. The predicted octanol–water partition coefficient (Wildman–Crippen LogP) is 3.10. The zero-order valence-corrected chi connectivity index (χ0v) is 11.4. The summed E-state index contributed by atoms with van der Waals surface area (Å²) in [5, 5.41) is 2.95. The summed E-state index contributed by atoms with van der Waals surface area (Å²) in [5.41, 5.74) is 2.49. The quantitative estimate of drug-likeness (QED) is 0.870. The molecule has 1 N–H and O–H groups in total. The molecule has 2 heterocycles. The molecule has 0 spiro atoms. The highest BCUT2D eigenvalue weighted by molar-refractivity contribution is 7.00. The van der Waals surface area contributed by atoms with Crippen molar-refractivity contribution in [3.8, 4) is 0 Å². The highest BCUT2D eigenvalue weighted by atomic mass is 32.1. The molecule has 2 aromatic rings. The topological polar surface area (TPSA) is 58.1 Å². The van der Waals surface area contributed by atoms with Crippen LogP contribution in [-0.2, 0) is 0 Å². The average molecular weight is 276 g/mol. The van der Waals surface area contributed by atoms with Crippen molar-refractivity contribution >= 4 is 34.5 Å². The number of carbonyl (C=O) groups excluding carboxylic acids is 1. The highest BCUT2D eigenvalue weighted by Crippen LogP contribution is 2.18. The van der Waals surface area contributed by atoms with Crippen molar-refractivity contribution in [3.05, 3.63) is 18.2 Å². The molecule has 0 aliphatic carbocycles. The Bertz CT molecular complexity index is 575. The van der Waals surface area contributed by atoms with Crippen molar-refractivity contribution in [2.24, 2.45) is 0 Å². The second-order valence-corrected chi connectivity index (χ2v) is 5.33. The third-order valence-corrected chi connectivity index (χ3v) is 3.95. The van der Waals surface area contributed by atoms with E-state index in [9.17, 15) is 4.79 Å². The number of anilines is 1. The molecule has 3 rings (SSSR count). The van der Waals surface area contributed by atoms with Gasteiger partial charge >= 0.3 is 6.03 Å². The number of hydrogen-bond acceptors (Lipinski definition) is 4. The lowest BCUT2D eigenvalue weighted by molar-refractivity contribution is 0.214. The number of carbonyl (C=O) groups is 1. The van der Waals surface area contributed by atoms with Crippen molar-refractivity contribution < 1.29 is 4.79 Å². The van der Waals surface area contributed by atoms with Gasteiger partial charge in [-0.2, -0.15) is 8.75 Å². The maximum absolute atomic E-state index is 12.2. The van der Waals surface area contributed by atoms with Crippen LogP contribution in [0.2, 0.25) is 0 Å². The number of benzene rings is 1. The van der Waals surface area contributed by atoms with Crippen LogP contribution >= 0.6 is 11.7 Å². The van der Waals surface area contributed by atoms with Crippen LogP contribution in [0.5, 0.6) is 0 Å². The summed E-state index contributed by atoms with van der Waals surface area (Å²) in [6.45, 7) is 1.71. The standard InChI is InChI=1S/C13H16N4OS/c18-13(17-7-3-1-2-4-8-17)14-10-5-6-11-12(9-10)16-19-15-11/h5-6,9H,1-4,7-8H2,(H,14,18). The monoisotopic (exact) mass is 276 g/mol. The van der Waals surface area contributed by atoms with Gasteiger partial charge in [0.1, 0.15) is 11.0 Å². The molecule has 1 saturated heterocycles. The average Bonchev–Trinajstić information content (AvgIpc) is 2.71. The van der Waals surface area contributed by atoms with Crippen molar-refractivity contribution in [3.63, 3.8) is 0 Å². The van der Waals surface area contributed by atoms with E-state index < -0.39 is 0 Å². The van der Waals surface area contributed by atoms with Crippen LogP contribution in [0.4, 0.5) is 10.5 Å². The summed E-state index contributed by atoms with van der Waals surface area (Å²) >= 11 is 1.19. The second-order valence-electron chi connectivity index (χ2n) is 4.80. The Balaban J connectivity index is 1.70. The number of nitrogens with one attached hydrogen (secondary N) is 1. The first-order valence-electron chi connectivity index (χ1n) is 6.61. The molecule has 0 bridgehead atoms. The molecule has 1 aliphatic rings. The smallest absolute Gasteiger partial charge is 0.321 e. The van der Waals surface area contributed by atoms with E-state index >= 15 is 0 Å². The number of nitrogens with zero attached hydrogens (tertiary/aromatic N) is 3. The Hall–Kier alpha value is -1.69. The summed E-state index contributed by atoms with van der Waals surface area (Å²) in [6, 6.07) is 5.62. The number of amides is 2. The lowest BCUT2D eigenvalue weighted by Gasteiger charge is -2.20. The van der Waals surface area contributed by atoms with E-state index in [1.165, 1.54) is 24.6 Å². The SMILES string of the molecule is O=C(Nc1ccc2nsnc2c1)N1CCCCCC1. The summed E-state index contributed by atoms with van der Waals surface area (Å²) in [5.74, 6) is 0. The summed E-state index contributed by atoms with van der Waals surface area (Å²) in [6.07, 6.45) is 4.64. The molecule has 2 amide bonds. The summed E-state index contributed by atoms with van der Waals surface area (Å²) < 4.78 is 8.33. The normalized spacial score (nSPS) is 16.3. The molecule has 1 aromatic heterocycles. The first-order valence-corrected chi connectivity index (χ1v) is 7.34. The molecule has 6 heteroatoms. The molecule has 19 heavy (non-hydrogen) atoms. The fourth-order valence-electron chi connectivity index (χ4n) is 2.34. The third kappa shape index (κ3) is 2.84. The van der Waals surface area contributed by atoms with Gasteiger partial charge in [0.15, 0.2) is 0 Å². The lowest BCUT2D eigenvalue weighted by Crippen LogP contribution is -2.35. The number of urea groups is 1. The summed E-state index contributed by atoms with van der Waals surface area (Å²) in [4.78, 5) is 14.1. The maximum atomic E-state index is 12.2. The lowest BCUT2D eigenvalue weighted by atomic mass is 10.2. The molecule has 0 radical (unpaired) electrons. The molecular weight excluding hydrogens is 260 g/mol. The zero-order valence-electron chi connectivity index (χ0n) is 10.6. The minimum absolute atomic E-state index is 0.00978. The Morgan fingerprint density at radius 3 is 2.63 bits per heavy atom. The van der Waals surface area contributed by atoms with Gasteiger partial charge in [0, 0.05) is 18.8 Å². The molecule has 0 atom stereocenters. The van der Waals surface area contributed by atoms with E-state index in [4.69, 9.17) is 0 Å². The fraction of sp³-hybridized carbons (Fsp3) is 0.462. The molecule has 1 aliphatic heterocycles. The minimum Gasteiger partial charge on any atom is -0.325 e. The maximum Gasteiger partial charge on any atom is 0.321 e. The molecule has 5 nitrogen and oxygen atoms in total. The van der Waals surface area contributed by atoms with Gasteiger partial charge < -0.3 is 10.2 Å². The van der Waals surface area contributed by atoms with Gasteiger partial charge in [-0.15, -0.1) is 0 Å². The van der Waals surface area contributed by atoms with Gasteiger partial charge in [-0.3, -0.25) is 0 Å². The number of rotatable bonds is 1. The van der Waals surface area contributed by atoms with E-state index in [2.05, 4.69) is 14.1 Å². The van der Waals surface area contributed by atoms with E-state index in [0.717, 1.165) is 42.7 Å². The van der Waals surface area contributed by atoms with E-state index in [-0.39, 0.29) is 6.03 Å². The predicted molar refractivity (Wildman–Crippen MR) is 76.5 cm³/mol. The molecule has 1 fully saturated rings. The number of likely N-dealkylation sites (tertiary alicyclic amines) is 1. The molecule has 100 valence electrons. The number of fused-ring (bicyclic) bond motifs is 1. The Morgan fingerprint density at radius 2 is 1.84 bits per heavy atom. The number of hydrogen-bond donors (Lipinski definition) is 1. The molecule has 0 unspecified atom stereocenters. The van der Waals surface area contributed by atoms with Gasteiger partial charge in [0.2, 0.25) is 0 Å². The first-order chi connectivity index (χ1) is 9.33. The van der Waals surface area contributed by atoms with Crippen LogP contribution in [0.25, 0.3) is 11.0 Å². The van der Waals surface area contributed by atoms with Crippen molar-refractivity contribution in [1.82, 2.24) is 13.6 Å². The van der Waals surface area contributed by atoms with Crippen molar-refractivity contribution in [2.75, 3.05) is 18.4 Å². The summed E-state index contributed by atoms with van der Waals surface area (Å²) in [7, 11) is 0. The fourth-order valence-corrected chi connectivity index (χ4v) is 2.85. The molecule has 0 saturated carbocycles. The Morgan fingerprint density at radius 1 is 1.11 bits per heavy atom. The van der Waals surface area contributed by atoms with Gasteiger partial charge in [0.25, 0.3) is 0 Å².